The van der Waals surface area contributed by atoms with Crippen LogP contribution in [0.3, 0.4) is 0 Å². The SMILES string of the molecule is COc1ccc(CCNC(=O)C(=O)N/N=C\c2cc(Br)ccc2OCC(=O)Nc2cc(Cl)ccc2C)cc1OC. The summed E-state index contributed by atoms with van der Waals surface area (Å²) in [6, 6.07) is 15.7. The van der Waals surface area contributed by atoms with Crippen molar-refractivity contribution in [2.45, 2.75) is 13.3 Å². The lowest BCUT2D eigenvalue weighted by molar-refractivity contribution is -0.139. The van der Waals surface area contributed by atoms with Crippen molar-refractivity contribution in [3.8, 4) is 17.2 Å². The molecule has 0 atom stereocenters. The Bertz CT molecular complexity index is 1420. The maximum atomic E-state index is 12.4. The lowest BCUT2D eigenvalue weighted by Gasteiger charge is -2.11. The first-order valence-corrected chi connectivity index (χ1v) is 13.2. The van der Waals surface area contributed by atoms with Crippen LogP contribution < -0.4 is 30.3 Å². The zero-order chi connectivity index (χ0) is 29.1. The van der Waals surface area contributed by atoms with Crippen LogP contribution in [0.4, 0.5) is 5.69 Å². The minimum absolute atomic E-state index is 0.228. The third-order valence-corrected chi connectivity index (χ3v) is 6.26. The molecule has 3 N–H and O–H groups in total. The predicted octanol–water partition coefficient (Wildman–Crippen LogP) is 4.25. The number of carbonyl (C=O) groups is 3. The normalized spacial score (nSPS) is 10.6. The molecular weight excluding hydrogens is 604 g/mol. The third-order valence-electron chi connectivity index (χ3n) is 5.53. The number of ether oxygens (including phenoxy) is 3. The van der Waals surface area contributed by atoms with Gasteiger partial charge in [-0.25, -0.2) is 5.43 Å². The number of hydrogen-bond donors (Lipinski definition) is 3. The van der Waals surface area contributed by atoms with E-state index in [4.69, 9.17) is 25.8 Å². The van der Waals surface area contributed by atoms with Gasteiger partial charge in [-0.3, -0.25) is 14.4 Å². The van der Waals surface area contributed by atoms with Crippen LogP contribution in [-0.2, 0) is 20.8 Å². The molecule has 0 unspecified atom stereocenters. The molecule has 0 aliphatic rings. The molecule has 3 aromatic rings. The lowest BCUT2D eigenvalue weighted by Crippen LogP contribution is -2.38. The summed E-state index contributed by atoms with van der Waals surface area (Å²) in [6.07, 6.45) is 1.79. The molecule has 0 aromatic heterocycles. The van der Waals surface area contributed by atoms with E-state index in [-0.39, 0.29) is 19.1 Å². The predicted molar refractivity (Wildman–Crippen MR) is 156 cm³/mol. The van der Waals surface area contributed by atoms with Gasteiger partial charge in [0.1, 0.15) is 5.75 Å². The Morgan fingerprint density at radius 3 is 2.45 bits per heavy atom. The number of rotatable bonds is 11. The van der Waals surface area contributed by atoms with Gasteiger partial charge < -0.3 is 24.8 Å². The molecular formula is C28H28BrClN4O6. The third kappa shape index (κ3) is 8.99. The number of anilines is 1. The van der Waals surface area contributed by atoms with Crippen molar-refractivity contribution in [3.05, 3.63) is 80.8 Å². The zero-order valence-corrected chi connectivity index (χ0v) is 24.4. The highest BCUT2D eigenvalue weighted by Crippen LogP contribution is 2.27. The van der Waals surface area contributed by atoms with Crippen molar-refractivity contribution in [2.75, 3.05) is 32.7 Å². The molecule has 12 heteroatoms. The first kappa shape index (κ1) is 30.5. The number of methoxy groups -OCH3 is 2. The van der Waals surface area contributed by atoms with Crippen molar-refractivity contribution in [3.63, 3.8) is 0 Å². The van der Waals surface area contributed by atoms with Crippen molar-refractivity contribution in [1.29, 1.82) is 0 Å². The van der Waals surface area contributed by atoms with Crippen LogP contribution in [0.1, 0.15) is 16.7 Å². The number of hydrogen-bond acceptors (Lipinski definition) is 7. The van der Waals surface area contributed by atoms with Gasteiger partial charge >= 0.3 is 11.8 Å². The van der Waals surface area contributed by atoms with E-state index in [9.17, 15) is 14.4 Å². The van der Waals surface area contributed by atoms with E-state index in [1.807, 2.05) is 13.0 Å². The Labute approximate surface area is 245 Å². The summed E-state index contributed by atoms with van der Waals surface area (Å²) < 4.78 is 16.9. The maximum absolute atomic E-state index is 12.4. The van der Waals surface area contributed by atoms with E-state index in [2.05, 4.69) is 37.1 Å². The largest absolute Gasteiger partial charge is 0.493 e. The minimum atomic E-state index is -0.933. The fourth-order valence-electron chi connectivity index (χ4n) is 3.46. The highest BCUT2D eigenvalue weighted by molar-refractivity contribution is 9.10. The van der Waals surface area contributed by atoms with E-state index in [0.29, 0.717) is 39.9 Å². The number of carbonyl (C=O) groups excluding carboxylic acids is 3. The van der Waals surface area contributed by atoms with Crippen LogP contribution in [0.25, 0.3) is 0 Å². The summed E-state index contributed by atoms with van der Waals surface area (Å²) in [5.74, 6) is -0.630. The van der Waals surface area contributed by atoms with Gasteiger partial charge in [0.25, 0.3) is 5.91 Å². The van der Waals surface area contributed by atoms with E-state index < -0.39 is 11.8 Å². The molecule has 0 spiro atoms. The molecule has 0 aliphatic carbocycles. The van der Waals surface area contributed by atoms with Crippen molar-refractivity contribution in [2.24, 2.45) is 5.10 Å². The van der Waals surface area contributed by atoms with Crippen molar-refractivity contribution >= 4 is 57.2 Å². The molecule has 0 bridgehead atoms. The number of halogens is 2. The highest BCUT2D eigenvalue weighted by atomic mass is 79.9. The first-order valence-electron chi connectivity index (χ1n) is 12.0. The van der Waals surface area contributed by atoms with E-state index in [1.54, 1.807) is 55.6 Å². The van der Waals surface area contributed by atoms with E-state index in [0.717, 1.165) is 15.6 Å². The molecule has 210 valence electrons. The quantitative estimate of drug-likeness (QED) is 0.165. The Kier molecular flexibility index (Phi) is 11.3. The Balaban J connectivity index is 1.51. The molecule has 0 saturated heterocycles. The molecule has 0 aliphatic heterocycles. The molecule has 3 aromatic carbocycles. The van der Waals surface area contributed by atoms with Crippen molar-refractivity contribution in [1.82, 2.24) is 10.7 Å². The summed E-state index contributed by atoms with van der Waals surface area (Å²) in [7, 11) is 3.09. The summed E-state index contributed by atoms with van der Waals surface area (Å²) in [5, 5.41) is 9.66. The lowest BCUT2D eigenvalue weighted by atomic mass is 10.1. The molecule has 0 heterocycles. The summed E-state index contributed by atoms with van der Waals surface area (Å²) in [6.45, 7) is 1.80. The molecule has 10 nitrogen and oxygen atoms in total. The molecule has 3 amide bonds. The molecule has 0 fully saturated rings. The monoisotopic (exact) mass is 630 g/mol. The number of nitrogens with one attached hydrogen (secondary N) is 3. The van der Waals surface area contributed by atoms with Crippen LogP contribution >= 0.6 is 27.5 Å². The van der Waals surface area contributed by atoms with Crippen LogP contribution in [0, 0.1) is 6.92 Å². The average Bonchev–Trinajstić information content (AvgIpc) is 2.94. The second-order valence-corrected chi connectivity index (χ2v) is 9.72. The Morgan fingerprint density at radius 1 is 0.950 bits per heavy atom. The molecule has 0 radical (unpaired) electrons. The number of aryl methyl sites for hydroxylation is 1. The van der Waals surface area contributed by atoms with Crippen LogP contribution in [0.2, 0.25) is 5.02 Å². The number of hydrazone groups is 1. The number of amides is 3. The second kappa shape index (κ2) is 14.9. The van der Waals surface area contributed by atoms with Gasteiger partial charge in [0.15, 0.2) is 18.1 Å². The molecule has 0 saturated carbocycles. The van der Waals surface area contributed by atoms with E-state index >= 15 is 0 Å². The fraction of sp³-hybridized carbons (Fsp3) is 0.214. The second-order valence-electron chi connectivity index (χ2n) is 8.37. The smallest absolute Gasteiger partial charge is 0.329 e. The summed E-state index contributed by atoms with van der Waals surface area (Å²) in [5.41, 5.74) is 5.00. The molecule has 3 rings (SSSR count). The van der Waals surface area contributed by atoms with E-state index in [1.165, 1.54) is 13.3 Å². The number of benzene rings is 3. The topological polar surface area (TPSA) is 127 Å². The fourth-order valence-corrected chi connectivity index (χ4v) is 4.01. The van der Waals surface area contributed by atoms with Crippen molar-refractivity contribution < 1.29 is 28.6 Å². The van der Waals surface area contributed by atoms with Gasteiger partial charge in [-0.15, -0.1) is 0 Å². The summed E-state index contributed by atoms with van der Waals surface area (Å²) in [4.78, 5) is 36.7. The Morgan fingerprint density at radius 2 is 1.70 bits per heavy atom. The van der Waals surface area contributed by atoms with Gasteiger partial charge in [-0.2, -0.15) is 5.10 Å². The highest BCUT2D eigenvalue weighted by Gasteiger charge is 2.13. The average molecular weight is 632 g/mol. The standard InChI is InChI=1S/C28H28BrClN4O6/c1-17-4-7-21(30)14-22(17)33-26(35)16-40-23-9-6-20(29)13-19(23)15-32-34-28(37)27(36)31-11-10-18-5-8-24(38-2)25(12-18)39-3/h4-9,12-15H,10-11,16H2,1-3H3,(H,31,36)(H,33,35)(H,34,37)/b32-15-. The zero-order valence-electron chi connectivity index (χ0n) is 22.0. The minimum Gasteiger partial charge on any atom is -0.493 e. The van der Waals surface area contributed by atoms with Crippen LogP contribution in [0.15, 0.2) is 64.2 Å². The maximum Gasteiger partial charge on any atom is 0.329 e. The molecule has 40 heavy (non-hydrogen) atoms. The van der Waals surface area contributed by atoms with Gasteiger partial charge in [0.2, 0.25) is 0 Å². The first-order chi connectivity index (χ1) is 19.2. The van der Waals surface area contributed by atoms with Gasteiger partial charge in [0, 0.05) is 27.3 Å². The summed E-state index contributed by atoms with van der Waals surface area (Å²) >= 11 is 9.37. The number of nitrogens with zero attached hydrogens (tertiary/aromatic N) is 1. The van der Waals surface area contributed by atoms with Crippen LogP contribution in [0.5, 0.6) is 17.2 Å². The van der Waals surface area contributed by atoms with Crippen LogP contribution in [-0.4, -0.2) is 51.3 Å². The Hall–Kier alpha value is -4.09. The van der Waals surface area contributed by atoms with Gasteiger partial charge in [-0.1, -0.05) is 39.7 Å². The van der Waals surface area contributed by atoms with Gasteiger partial charge in [-0.05, 0) is 66.9 Å². The van der Waals surface area contributed by atoms with Gasteiger partial charge in [0.05, 0.1) is 20.4 Å².